The monoisotopic (exact) mass is 670 g/mol. The molecule has 7 aromatic rings. The van der Waals surface area contributed by atoms with Crippen LogP contribution in [0.4, 0.5) is 0 Å². The minimum Gasteiger partial charge on any atom is -0.305 e. The van der Waals surface area contributed by atoms with Gasteiger partial charge >= 0.3 is 0 Å². The van der Waals surface area contributed by atoms with Crippen LogP contribution in [0.15, 0.2) is 91.5 Å². The molecule has 38 heavy (non-hydrogen) atoms. The van der Waals surface area contributed by atoms with Crippen molar-refractivity contribution in [1.29, 1.82) is 0 Å². The zero-order valence-electron chi connectivity index (χ0n) is 21.8. The number of rotatable bonds is 1. The van der Waals surface area contributed by atoms with Crippen LogP contribution in [0.25, 0.3) is 54.5 Å². The van der Waals surface area contributed by atoms with Gasteiger partial charge in [0.05, 0.1) is 0 Å². The predicted octanol–water partition coefficient (Wildman–Crippen LogP) is 8.48. The number of hydrogen-bond donors (Lipinski definition) is 0. The van der Waals surface area contributed by atoms with E-state index in [9.17, 15) is 0 Å². The maximum Gasteiger partial charge on any atom is 0.0338 e. The summed E-state index contributed by atoms with van der Waals surface area (Å²) in [7, 11) is 0. The van der Waals surface area contributed by atoms with Crippen molar-refractivity contribution in [3.8, 4) is 11.3 Å². The van der Waals surface area contributed by atoms with Crippen molar-refractivity contribution >= 4 is 43.2 Å². The third-order valence-electron chi connectivity index (χ3n) is 6.85. The minimum atomic E-state index is 0. The van der Waals surface area contributed by atoms with E-state index in [1.165, 1.54) is 32.5 Å². The molecule has 0 saturated heterocycles. The van der Waals surface area contributed by atoms with Crippen LogP contribution in [-0.4, -0.2) is 15.0 Å². The first-order valence-corrected chi connectivity index (χ1v) is 12.5. The van der Waals surface area contributed by atoms with Crippen molar-refractivity contribution in [3.05, 3.63) is 115 Å². The Kier molecular flexibility index (Phi) is 6.96. The minimum absolute atomic E-state index is 0. The number of aromatic nitrogens is 3. The van der Waals surface area contributed by atoms with Gasteiger partial charge in [-0.1, -0.05) is 57.3 Å². The molecular formula is C34H27IrN3-2. The molecule has 0 N–H and O–H groups in total. The summed E-state index contributed by atoms with van der Waals surface area (Å²) in [5, 5.41) is 8.38. The second-order valence-corrected chi connectivity index (χ2v) is 10.5. The molecule has 1 radical (unpaired) electrons. The normalized spacial score (nSPS) is 11.5. The van der Waals surface area contributed by atoms with Gasteiger partial charge in [0, 0.05) is 44.9 Å². The molecule has 0 aliphatic rings. The Hall–Kier alpha value is -3.72. The largest absolute Gasteiger partial charge is 0.305 e. The van der Waals surface area contributed by atoms with Crippen LogP contribution < -0.4 is 0 Å². The number of hydrogen-bond acceptors (Lipinski definition) is 3. The zero-order chi connectivity index (χ0) is 25.6. The van der Waals surface area contributed by atoms with E-state index in [1.807, 2.05) is 55.1 Å². The molecule has 0 aliphatic heterocycles. The van der Waals surface area contributed by atoms with Crippen LogP contribution in [0, 0.1) is 19.1 Å². The Morgan fingerprint density at radius 2 is 1.61 bits per heavy atom. The summed E-state index contributed by atoms with van der Waals surface area (Å²) in [4.78, 5) is 13.4. The van der Waals surface area contributed by atoms with Crippen molar-refractivity contribution in [2.75, 3.05) is 0 Å². The van der Waals surface area contributed by atoms with E-state index < -0.39 is 0 Å². The van der Waals surface area contributed by atoms with Gasteiger partial charge in [-0.2, -0.15) is 0 Å². The third-order valence-corrected chi connectivity index (χ3v) is 6.85. The zero-order valence-corrected chi connectivity index (χ0v) is 24.2. The van der Waals surface area contributed by atoms with E-state index in [1.54, 1.807) is 0 Å². The summed E-state index contributed by atoms with van der Waals surface area (Å²) in [6.07, 6.45) is 7.60. The smallest absolute Gasteiger partial charge is 0.0338 e. The molecule has 0 spiro atoms. The first-order valence-electron chi connectivity index (χ1n) is 12.5. The topological polar surface area (TPSA) is 38.7 Å². The third kappa shape index (κ3) is 4.67. The molecule has 0 aliphatic carbocycles. The molecule has 0 unspecified atom stereocenters. The molecule has 0 bridgehead atoms. The van der Waals surface area contributed by atoms with E-state index in [0.717, 1.165) is 33.1 Å². The molecule has 0 fully saturated rings. The summed E-state index contributed by atoms with van der Waals surface area (Å²) >= 11 is 0. The molecule has 0 saturated carbocycles. The Morgan fingerprint density at radius 3 is 2.39 bits per heavy atom. The Bertz CT molecular complexity index is 1870. The van der Waals surface area contributed by atoms with Crippen LogP contribution in [0.2, 0.25) is 0 Å². The van der Waals surface area contributed by atoms with Crippen LogP contribution in [-0.2, 0) is 25.5 Å². The van der Waals surface area contributed by atoms with E-state index in [2.05, 4.69) is 91.2 Å². The van der Waals surface area contributed by atoms with Crippen LogP contribution in [0.5, 0.6) is 0 Å². The first kappa shape index (κ1) is 25.9. The summed E-state index contributed by atoms with van der Waals surface area (Å²) in [6.45, 7) is 8.72. The van der Waals surface area contributed by atoms with Gasteiger partial charge in [0.15, 0.2) is 0 Å². The molecule has 3 heterocycles. The molecule has 7 rings (SSSR count). The van der Waals surface area contributed by atoms with Crippen LogP contribution in [0.3, 0.4) is 0 Å². The van der Waals surface area contributed by atoms with Gasteiger partial charge in [0.25, 0.3) is 0 Å². The van der Waals surface area contributed by atoms with Gasteiger partial charge in [-0.05, 0) is 55.9 Å². The average molecular weight is 670 g/mol. The van der Waals surface area contributed by atoms with Crippen molar-refractivity contribution in [2.24, 2.45) is 0 Å². The molecule has 0 atom stereocenters. The molecular weight excluding hydrogens is 643 g/mol. The Morgan fingerprint density at radius 1 is 0.763 bits per heavy atom. The molecule has 4 aromatic carbocycles. The summed E-state index contributed by atoms with van der Waals surface area (Å²) in [6, 6.07) is 29.5. The molecule has 3 aromatic heterocycles. The van der Waals surface area contributed by atoms with Crippen LogP contribution >= 0.6 is 0 Å². The van der Waals surface area contributed by atoms with E-state index in [0.29, 0.717) is 0 Å². The van der Waals surface area contributed by atoms with Crippen molar-refractivity contribution in [2.45, 2.75) is 33.1 Å². The first-order chi connectivity index (χ1) is 17.9. The quantitative estimate of drug-likeness (QED) is 0.100. The number of fused-ring (bicyclic) bond motifs is 3. The van der Waals surface area contributed by atoms with Crippen molar-refractivity contribution < 1.29 is 20.1 Å². The fourth-order valence-electron chi connectivity index (χ4n) is 5.01. The van der Waals surface area contributed by atoms with E-state index in [-0.39, 0.29) is 25.5 Å². The fraction of sp³-hybridized carbons (Fsp3) is 0.147. The molecule has 4 heteroatoms. The van der Waals surface area contributed by atoms with Gasteiger partial charge < -0.3 is 9.97 Å². The van der Waals surface area contributed by atoms with Gasteiger partial charge in [-0.25, -0.2) is 0 Å². The number of benzene rings is 4. The Balaban J connectivity index is 0.000000157. The summed E-state index contributed by atoms with van der Waals surface area (Å²) in [5.74, 6) is 0. The summed E-state index contributed by atoms with van der Waals surface area (Å²) < 4.78 is 0. The molecule has 0 amide bonds. The SMILES string of the molecule is CC(C)(C)c1ccnc(-c2[c-]cccc2)c1.Cc1[c-]c2c3ncccc3c3cncc4ccc(c1)c2c43.[Ir]. The number of pyridine rings is 3. The van der Waals surface area contributed by atoms with Gasteiger partial charge in [0.1, 0.15) is 0 Å². The average Bonchev–Trinajstić information content (AvgIpc) is 2.92. The van der Waals surface area contributed by atoms with Crippen LogP contribution in [0.1, 0.15) is 31.9 Å². The molecule has 189 valence electrons. The second-order valence-electron chi connectivity index (χ2n) is 10.5. The van der Waals surface area contributed by atoms with Gasteiger partial charge in [-0.3, -0.25) is 4.98 Å². The number of aryl methyl sites for hydroxylation is 1. The maximum absolute atomic E-state index is 4.61. The fourth-order valence-corrected chi connectivity index (χ4v) is 5.01. The van der Waals surface area contributed by atoms with Crippen molar-refractivity contribution in [3.63, 3.8) is 0 Å². The maximum atomic E-state index is 4.61. The van der Waals surface area contributed by atoms with E-state index >= 15 is 0 Å². The van der Waals surface area contributed by atoms with Crippen molar-refractivity contribution in [1.82, 2.24) is 15.0 Å². The van der Waals surface area contributed by atoms with E-state index in [4.69, 9.17) is 0 Å². The van der Waals surface area contributed by atoms with Gasteiger partial charge in [-0.15, -0.1) is 64.4 Å². The molecule has 3 nitrogen and oxygen atoms in total. The standard InChI is InChI=1S/C19H11N2.C15H16N.Ir/c1-11-7-12-4-5-13-9-20-10-16-14-3-2-6-21-19(14)15(8-11)17(12)18(13)16;1-15(2,3)13-9-10-16-14(11-13)12-7-5-4-6-8-12;/h2-7,9-10H,1H3;4-7,9-11H,1-3H3;/q2*-1;. The number of nitrogens with zero attached hydrogens (tertiary/aromatic N) is 3. The van der Waals surface area contributed by atoms with Gasteiger partial charge in [0.2, 0.25) is 0 Å². The second kappa shape index (κ2) is 10.2. The summed E-state index contributed by atoms with van der Waals surface area (Å²) in [5.41, 5.74) is 5.66. The predicted molar refractivity (Wildman–Crippen MR) is 154 cm³/mol. The Labute approximate surface area is 236 Å².